The van der Waals surface area contributed by atoms with Crippen molar-refractivity contribution in [3.8, 4) is 0 Å². The maximum Gasteiger partial charge on any atom is 0.315 e. The molecule has 0 aliphatic carbocycles. The molecule has 0 amide bonds. The second-order valence-corrected chi connectivity index (χ2v) is 5.71. The van der Waals surface area contributed by atoms with Gasteiger partial charge in [0.05, 0.1) is 13.2 Å². The normalized spacial score (nSPS) is 20.4. The van der Waals surface area contributed by atoms with Gasteiger partial charge in [-0.1, -0.05) is 11.3 Å². The fraction of sp³-hybridized carbons (Fsp3) is 0.667. The number of carbonyl (C=O) groups is 1. The van der Waals surface area contributed by atoms with E-state index in [4.69, 9.17) is 9.47 Å². The topological polar surface area (TPSA) is 78.6 Å². The first-order valence-corrected chi connectivity index (χ1v) is 7.48. The minimum atomic E-state index is -0.380. The molecule has 2 aromatic heterocycles. The SMILES string of the molecule is CCOC(=O)C(C)c1nn2c(C3CCOC3)nnc2s1. The quantitative estimate of drug-likeness (QED) is 0.793. The van der Waals surface area contributed by atoms with Crippen molar-refractivity contribution in [1.29, 1.82) is 0 Å². The summed E-state index contributed by atoms with van der Waals surface area (Å²) < 4.78 is 12.1. The van der Waals surface area contributed by atoms with Gasteiger partial charge in [0.1, 0.15) is 10.9 Å². The van der Waals surface area contributed by atoms with Crippen LogP contribution in [-0.4, -0.2) is 45.6 Å². The van der Waals surface area contributed by atoms with E-state index in [1.165, 1.54) is 11.3 Å². The summed E-state index contributed by atoms with van der Waals surface area (Å²) in [7, 11) is 0. The molecule has 20 heavy (non-hydrogen) atoms. The van der Waals surface area contributed by atoms with Crippen molar-refractivity contribution in [2.24, 2.45) is 0 Å². The minimum Gasteiger partial charge on any atom is -0.465 e. The van der Waals surface area contributed by atoms with Crippen molar-refractivity contribution in [1.82, 2.24) is 19.8 Å². The number of hydrogen-bond acceptors (Lipinski definition) is 7. The van der Waals surface area contributed by atoms with Crippen LogP contribution in [0.3, 0.4) is 0 Å². The molecule has 3 rings (SSSR count). The van der Waals surface area contributed by atoms with Gasteiger partial charge in [0.15, 0.2) is 5.82 Å². The zero-order valence-corrected chi connectivity index (χ0v) is 12.2. The van der Waals surface area contributed by atoms with Gasteiger partial charge in [0, 0.05) is 12.5 Å². The summed E-state index contributed by atoms with van der Waals surface area (Å²) in [5, 5.41) is 13.5. The average molecular weight is 296 g/mol. The summed E-state index contributed by atoms with van der Waals surface area (Å²) in [6.45, 7) is 5.36. The Labute approximate surface area is 119 Å². The molecule has 1 fully saturated rings. The Morgan fingerprint density at radius 2 is 2.45 bits per heavy atom. The number of fused-ring (bicyclic) bond motifs is 1. The van der Waals surface area contributed by atoms with E-state index >= 15 is 0 Å². The largest absolute Gasteiger partial charge is 0.465 e. The van der Waals surface area contributed by atoms with Gasteiger partial charge in [-0.25, -0.2) is 0 Å². The van der Waals surface area contributed by atoms with Crippen molar-refractivity contribution in [2.75, 3.05) is 19.8 Å². The molecule has 7 nitrogen and oxygen atoms in total. The van der Waals surface area contributed by atoms with E-state index in [1.807, 2.05) is 0 Å². The molecule has 0 radical (unpaired) electrons. The van der Waals surface area contributed by atoms with Gasteiger partial charge in [-0.15, -0.1) is 10.2 Å². The first-order valence-electron chi connectivity index (χ1n) is 6.67. The van der Waals surface area contributed by atoms with Crippen LogP contribution in [0.5, 0.6) is 0 Å². The molecule has 2 unspecified atom stereocenters. The second kappa shape index (κ2) is 5.45. The number of rotatable bonds is 4. The third kappa shape index (κ3) is 2.29. The van der Waals surface area contributed by atoms with Gasteiger partial charge in [-0.2, -0.15) is 9.61 Å². The molecule has 0 saturated carbocycles. The number of hydrogen-bond donors (Lipinski definition) is 0. The predicted octanol–water partition coefficient (Wildman–Crippen LogP) is 1.36. The van der Waals surface area contributed by atoms with Gasteiger partial charge < -0.3 is 9.47 Å². The number of carbonyl (C=O) groups excluding carboxylic acids is 1. The zero-order valence-electron chi connectivity index (χ0n) is 11.4. The molecular weight excluding hydrogens is 280 g/mol. The monoisotopic (exact) mass is 296 g/mol. The van der Waals surface area contributed by atoms with Crippen LogP contribution in [0.1, 0.15) is 42.9 Å². The van der Waals surface area contributed by atoms with Crippen LogP contribution >= 0.6 is 11.3 Å². The van der Waals surface area contributed by atoms with Crippen molar-refractivity contribution >= 4 is 22.3 Å². The van der Waals surface area contributed by atoms with Crippen LogP contribution in [0.25, 0.3) is 4.96 Å². The number of aromatic nitrogens is 4. The molecule has 3 heterocycles. The maximum atomic E-state index is 11.8. The summed E-state index contributed by atoms with van der Waals surface area (Å²) in [5.41, 5.74) is 0. The van der Waals surface area contributed by atoms with Crippen LogP contribution in [0, 0.1) is 0 Å². The van der Waals surface area contributed by atoms with Crippen LogP contribution in [-0.2, 0) is 14.3 Å². The molecule has 1 saturated heterocycles. The van der Waals surface area contributed by atoms with Gasteiger partial charge in [0.25, 0.3) is 0 Å². The molecule has 1 aliphatic heterocycles. The third-order valence-corrected chi connectivity index (χ3v) is 4.42. The molecule has 2 aromatic rings. The highest BCUT2D eigenvalue weighted by Crippen LogP contribution is 2.28. The van der Waals surface area contributed by atoms with Crippen LogP contribution in [0.2, 0.25) is 0 Å². The van der Waals surface area contributed by atoms with E-state index in [2.05, 4.69) is 15.3 Å². The highest BCUT2D eigenvalue weighted by molar-refractivity contribution is 7.16. The van der Waals surface area contributed by atoms with E-state index in [0.29, 0.717) is 23.2 Å². The van der Waals surface area contributed by atoms with Crippen LogP contribution in [0.4, 0.5) is 0 Å². The Balaban J connectivity index is 1.89. The number of esters is 1. The van der Waals surface area contributed by atoms with E-state index in [0.717, 1.165) is 18.9 Å². The van der Waals surface area contributed by atoms with Gasteiger partial charge in [-0.05, 0) is 20.3 Å². The lowest BCUT2D eigenvalue weighted by Crippen LogP contribution is -2.13. The van der Waals surface area contributed by atoms with Crippen molar-refractivity contribution < 1.29 is 14.3 Å². The number of ether oxygens (including phenoxy) is 2. The first kappa shape index (κ1) is 13.4. The Morgan fingerprint density at radius 3 is 3.15 bits per heavy atom. The molecular formula is C12H16N4O3S. The van der Waals surface area contributed by atoms with E-state index in [9.17, 15) is 4.79 Å². The molecule has 2 atom stereocenters. The molecule has 0 bridgehead atoms. The van der Waals surface area contributed by atoms with Crippen LogP contribution in [0.15, 0.2) is 0 Å². The number of nitrogens with zero attached hydrogens (tertiary/aromatic N) is 4. The molecule has 1 aliphatic rings. The third-order valence-electron chi connectivity index (χ3n) is 3.34. The average Bonchev–Trinajstić information content (AvgIpc) is 3.13. The summed E-state index contributed by atoms with van der Waals surface area (Å²) in [6.07, 6.45) is 0.932. The lowest BCUT2D eigenvalue weighted by molar-refractivity contribution is -0.144. The molecule has 0 spiro atoms. The summed E-state index contributed by atoms with van der Waals surface area (Å²) in [4.78, 5) is 12.5. The Bertz CT molecular complexity index is 617. The van der Waals surface area contributed by atoms with Gasteiger partial charge >= 0.3 is 5.97 Å². The maximum absolute atomic E-state index is 11.8. The smallest absolute Gasteiger partial charge is 0.315 e. The minimum absolute atomic E-state index is 0.234. The van der Waals surface area contributed by atoms with E-state index in [1.54, 1.807) is 18.4 Å². The molecule has 0 aromatic carbocycles. The molecule has 0 N–H and O–H groups in total. The standard InChI is InChI=1S/C12H16N4O3S/c1-3-19-11(17)7(2)10-15-16-9(8-4-5-18-6-8)13-14-12(16)20-10/h7-8H,3-6H2,1-2H3. The van der Waals surface area contributed by atoms with E-state index < -0.39 is 0 Å². The van der Waals surface area contributed by atoms with Gasteiger partial charge in [0.2, 0.25) is 4.96 Å². The molecule has 8 heteroatoms. The summed E-state index contributed by atoms with van der Waals surface area (Å²) >= 11 is 1.38. The lowest BCUT2D eigenvalue weighted by Gasteiger charge is -2.06. The Kier molecular flexibility index (Phi) is 3.66. The van der Waals surface area contributed by atoms with Gasteiger partial charge in [-0.3, -0.25) is 4.79 Å². The van der Waals surface area contributed by atoms with E-state index in [-0.39, 0.29) is 17.8 Å². The highest BCUT2D eigenvalue weighted by atomic mass is 32.1. The van der Waals surface area contributed by atoms with Crippen LogP contribution < -0.4 is 0 Å². The fourth-order valence-electron chi connectivity index (χ4n) is 2.18. The first-order chi connectivity index (χ1) is 9.70. The highest BCUT2D eigenvalue weighted by Gasteiger charge is 2.27. The Hall–Kier alpha value is -1.54. The Morgan fingerprint density at radius 1 is 1.60 bits per heavy atom. The van der Waals surface area contributed by atoms with Crippen molar-refractivity contribution in [3.05, 3.63) is 10.8 Å². The fourth-order valence-corrected chi connectivity index (χ4v) is 3.07. The predicted molar refractivity (Wildman–Crippen MR) is 71.9 cm³/mol. The van der Waals surface area contributed by atoms with Crippen molar-refractivity contribution in [2.45, 2.75) is 32.1 Å². The molecule has 108 valence electrons. The zero-order chi connectivity index (χ0) is 14.1. The lowest BCUT2D eigenvalue weighted by atomic mass is 10.1. The van der Waals surface area contributed by atoms with Crippen molar-refractivity contribution in [3.63, 3.8) is 0 Å². The summed E-state index contributed by atoms with van der Waals surface area (Å²) in [5.74, 6) is 0.409. The summed E-state index contributed by atoms with van der Waals surface area (Å²) in [6, 6.07) is 0. The second-order valence-electron chi connectivity index (χ2n) is 4.73.